The molecule has 0 heterocycles. The summed E-state index contributed by atoms with van der Waals surface area (Å²) in [7, 11) is 0. The lowest BCUT2D eigenvalue weighted by Gasteiger charge is -2.14. The summed E-state index contributed by atoms with van der Waals surface area (Å²) < 4.78 is 10.3. The largest absolute Gasteiger partial charge is 0.388 e. The van der Waals surface area contributed by atoms with Crippen molar-refractivity contribution in [3.8, 4) is 35.1 Å². The van der Waals surface area contributed by atoms with Crippen LogP contribution in [0.15, 0.2) is 72.8 Å². The van der Waals surface area contributed by atoms with Gasteiger partial charge in [-0.05, 0) is 45.3 Å². The first-order valence-corrected chi connectivity index (χ1v) is 7.98. The molecule has 4 heteroatoms. The average molecular weight is 336 g/mol. The van der Waals surface area contributed by atoms with E-state index in [0.717, 1.165) is 32.7 Å². The van der Waals surface area contributed by atoms with Gasteiger partial charge in [0.2, 0.25) is 0 Å². The van der Waals surface area contributed by atoms with Gasteiger partial charge in [-0.3, -0.25) is 0 Å². The van der Waals surface area contributed by atoms with E-state index in [-0.39, 0.29) is 0 Å². The molecule has 122 valence electrons. The molecule has 0 aliphatic rings. The quantitative estimate of drug-likeness (QED) is 0.471. The molecule has 0 saturated carbocycles. The van der Waals surface area contributed by atoms with Crippen molar-refractivity contribution in [2.75, 3.05) is 0 Å². The molecular formula is C22H12N2O2. The summed E-state index contributed by atoms with van der Waals surface area (Å²) in [6.07, 6.45) is 3.48. The van der Waals surface area contributed by atoms with Crippen LogP contribution in [0.3, 0.4) is 0 Å². The van der Waals surface area contributed by atoms with Crippen molar-refractivity contribution in [2.24, 2.45) is 0 Å². The van der Waals surface area contributed by atoms with Crippen LogP contribution in [-0.2, 0) is 0 Å². The fourth-order valence-corrected chi connectivity index (χ4v) is 3.27. The fourth-order valence-electron chi connectivity index (χ4n) is 3.27. The smallest absolute Gasteiger partial charge is 0.292 e. The van der Waals surface area contributed by atoms with Crippen molar-refractivity contribution in [1.82, 2.24) is 0 Å². The maximum absolute atomic E-state index is 9.08. The van der Waals surface area contributed by atoms with Crippen LogP contribution in [-0.4, -0.2) is 0 Å². The van der Waals surface area contributed by atoms with Crippen LogP contribution in [0.5, 0.6) is 11.5 Å². The molecule has 4 aromatic carbocycles. The molecule has 26 heavy (non-hydrogen) atoms. The third-order valence-corrected chi connectivity index (χ3v) is 4.31. The molecule has 0 aliphatic carbocycles. The van der Waals surface area contributed by atoms with E-state index in [1.165, 1.54) is 0 Å². The van der Waals surface area contributed by atoms with Gasteiger partial charge in [-0.25, -0.2) is 0 Å². The zero-order valence-corrected chi connectivity index (χ0v) is 13.6. The van der Waals surface area contributed by atoms with E-state index in [0.29, 0.717) is 11.5 Å². The highest BCUT2D eigenvalue weighted by Crippen LogP contribution is 2.42. The van der Waals surface area contributed by atoms with Crippen LogP contribution in [0.1, 0.15) is 0 Å². The Morgan fingerprint density at radius 3 is 2.12 bits per heavy atom. The van der Waals surface area contributed by atoms with Gasteiger partial charge in [-0.1, -0.05) is 54.6 Å². The van der Waals surface area contributed by atoms with Crippen LogP contribution in [0.2, 0.25) is 0 Å². The zero-order chi connectivity index (χ0) is 17.9. The molecule has 0 aliphatic heterocycles. The van der Waals surface area contributed by atoms with Crippen LogP contribution < -0.4 is 9.47 Å². The van der Waals surface area contributed by atoms with Gasteiger partial charge in [0.1, 0.15) is 5.75 Å². The van der Waals surface area contributed by atoms with Crippen molar-refractivity contribution >= 4 is 21.5 Å². The van der Waals surface area contributed by atoms with Crippen molar-refractivity contribution < 1.29 is 9.47 Å². The number of hydrogen-bond donors (Lipinski definition) is 0. The molecule has 0 aromatic heterocycles. The number of nitriles is 2. The van der Waals surface area contributed by atoms with Gasteiger partial charge in [0.15, 0.2) is 5.75 Å². The Kier molecular flexibility index (Phi) is 3.86. The van der Waals surface area contributed by atoms with E-state index in [1.54, 1.807) is 24.6 Å². The molecule has 0 bridgehead atoms. The number of ether oxygens (including phenoxy) is 2. The second kappa shape index (κ2) is 6.47. The van der Waals surface area contributed by atoms with Gasteiger partial charge >= 0.3 is 0 Å². The molecule has 4 aromatic rings. The lowest BCUT2D eigenvalue weighted by Crippen LogP contribution is -1.92. The molecule has 4 nitrogen and oxygen atoms in total. The van der Waals surface area contributed by atoms with Crippen LogP contribution in [0, 0.1) is 23.0 Å². The van der Waals surface area contributed by atoms with Crippen molar-refractivity contribution in [3.63, 3.8) is 0 Å². The highest BCUT2D eigenvalue weighted by Gasteiger charge is 2.16. The summed E-state index contributed by atoms with van der Waals surface area (Å²) in [6.45, 7) is 0. The number of hydrogen-bond acceptors (Lipinski definition) is 4. The first-order chi connectivity index (χ1) is 12.8. The standard InChI is InChI=1S/C22H12N2O2/c23-13-25-17-11-16-6-2-3-7-18(16)20(12-17)22-19-8-4-1-5-15(19)9-10-21(22)26-14-24/h1-12H. The second-order valence-corrected chi connectivity index (χ2v) is 5.74. The lowest BCUT2D eigenvalue weighted by atomic mass is 9.93. The molecule has 0 amide bonds. The van der Waals surface area contributed by atoms with E-state index >= 15 is 0 Å². The van der Waals surface area contributed by atoms with Crippen LogP contribution in [0.25, 0.3) is 32.7 Å². The molecular weight excluding hydrogens is 324 g/mol. The van der Waals surface area contributed by atoms with Gasteiger partial charge < -0.3 is 9.47 Å². The highest BCUT2D eigenvalue weighted by atomic mass is 16.5. The Bertz CT molecular complexity index is 1220. The van der Waals surface area contributed by atoms with Gasteiger partial charge in [-0.2, -0.15) is 0 Å². The van der Waals surface area contributed by atoms with Crippen molar-refractivity contribution in [2.45, 2.75) is 0 Å². The third kappa shape index (κ3) is 2.56. The van der Waals surface area contributed by atoms with Gasteiger partial charge in [0.25, 0.3) is 12.5 Å². The molecule has 0 radical (unpaired) electrons. The molecule has 0 atom stereocenters. The predicted molar refractivity (Wildman–Crippen MR) is 99.4 cm³/mol. The maximum Gasteiger partial charge on any atom is 0.292 e. The first-order valence-electron chi connectivity index (χ1n) is 7.98. The van der Waals surface area contributed by atoms with E-state index < -0.39 is 0 Å². The fraction of sp³-hybridized carbons (Fsp3) is 0. The lowest BCUT2D eigenvalue weighted by molar-refractivity contribution is 0.507. The number of rotatable bonds is 3. The maximum atomic E-state index is 9.08. The highest BCUT2D eigenvalue weighted by molar-refractivity contribution is 6.08. The van der Waals surface area contributed by atoms with Gasteiger partial charge in [0.05, 0.1) is 0 Å². The zero-order valence-electron chi connectivity index (χ0n) is 13.6. The minimum Gasteiger partial charge on any atom is -0.388 e. The summed E-state index contributed by atoms with van der Waals surface area (Å²) in [4.78, 5) is 0. The minimum absolute atomic E-state index is 0.442. The van der Waals surface area contributed by atoms with E-state index in [9.17, 15) is 0 Å². The summed E-state index contributed by atoms with van der Waals surface area (Å²) in [5.74, 6) is 0.905. The Labute approximate surface area is 150 Å². The van der Waals surface area contributed by atoms with Crippen LogP contribution >= 0.6 is 0 Å². The molecule has 4 rings (SSSR count). The van der Waals surface area contributed by atoms with Crippen molar-refractivity contribution in [1.29, 1.82) is 10.5 Å². The Hall–Kier alpha value is -4.02. The minimum atomic E-state index is 0.442. The Balaban J connectivity index is 2.14. The molecule has 0 unspecified atom stereocenters. The Morgan fingerprint density at radius 1 is 0.654 bits per heavy atom. The average Bonchev–Trinajstić information content (AvgIpc) is 2.68. The number of fused-ring (bicyclic) bond motifs is 2. The predicted octanol–water partition coefficient (Wildman–Crippen LogP) is 5.38. The Morgan fingerprint density at radius 2 is 1.35 bits per heavy atom. The summed E-state index contributed by atoms with van der Waals surface area (Å²) >= 11 is 0. The monoisotopic (exact) mass is 336 g/mol. The van der Waals surface area contributed by atoms with Crippen LogP contribution in [0.4, 0.5) is 0 Å². The summed E-state index contributed by atoms with van der Waals surface area (Å²) in [5.41, 5.74) is 1.64. The van der Waals surface area contributed by atoms with E-state index in [2.05, 4.69) is 0 Å². The number of nitrogens with zero attached hydrogens (tertiary/aromatic N) is 2. The summed E-state index contributed by atoms with van der Waals surface area (Å²) in [5, 5.41) is 21.9. The molecule has 0 saturated heterocycles. The third-order valence-electron chi connectivity index (χ3n) is 4.31. The first kappa shape index (κ1) is 15.5. The van der Waals surface area contributed by atoms with E-state index in [1.807, 2.05) is 60.7 Å². The van der Waals surface area contributed by atoms with Gasteiger partial charge in [-0.15, -0.1) is 10.5 Å². The molecule has 0 spiro atoms. The molecule has 0 fully saturated rings. The SMILES string of the molecule is N#COc1cc(-c2c(OC#N)ccc3ccccc23)c2ccccc2c1. The second-order valence-electron chi connectivity index (χ2n) is 5.74. The topological polar surface area (TPSA) is 66.0 Å². The summed E-state index contributed by atoms with van der Waals surface area (Å²) in [6, 6.07) is 23.1. The normalized spacial score (nSPS) is 10.2. The van der Waals surface area contributed by atoms with Crippen molar-refractivity contribution in [3.05, 3.63) is 72.8 Å². The van der Waals surface area contributed by atoms with Gasteiger partial charge in [0, 0.05) is 5.56 Å². The number of benzene rings is 4. The van der Waals surface area contributed by atoms with E-state index in [4.69, 9.17) is 20.0 Å². The molecule has 0 N–H and O–H groups in total.